The fourth-order valence-electron chi connectivity index (χ4n) is 4.96. The van der Waals surface area contributed by atoms with Gasteiger partial charge < -0.3 is 4.90 Å². The van der Waals surface area contributed by atoms with E-state index >= 15 is 0 Å². The third-order valence-corrected chi connectivity index (χ3v) is 9.08. The minimum atomic E-state index is 0.105. The molecule has 0 bridgehead atoms. The Morgan fingerprint density at radius 1 is 0.879 bits per heavy atom. The molecule has 3 aromatic rings. The summed E-state index contributed by atoms with van der Waals surface area (Å²) in [7, 11) is 2.06. The molecule has 0 unspecified atom stereocenters. The number of fused-ring (bicyclic) bond motifs is 2. The minimum absolute atomic E-state index is 0.105. The van der Waals surface area contributed by atoms with Crippen molar-refractivity contribution in [2.75, 3.05) is 11.9 Å². The summed E-state index contributed by atoms with van der Waals surface area (Å²) in [6.07, 6.45) is 5.70. The number of nitrogens with zero attached hydrogens (tertiary/aromatic N) is 3. The summed E-state index contributed by atoms with van der Waals surface area (Å²) < 4.78 is 0. The van der Waals surface area contributed by atoms with Gasteiger partial charge in [0.2, 0.25) is 0 Å². The third kappa shape index (κ3) is 3.65. The van der Waals surface area contributed by atoms with Crippen molar-refractivity contribution < 1.29 is 4.79 Å². The van der Waals surface area contributed by atoms with Gasteiger partial charge in [-0.2, -0.15) is 0 Å². The number of hydrogen-bond acceptors (Lipinski definition) is 5. The second-order valence-electron chi connectivity index (χ2n) is 8.72. The molecule has 2 aliphatic heterocycles. The number of carbonyl (C=O) groups excluding carboxylic acids is 1. The number of thioether (sulfide) groups is 2. The normalized spacial score (nSPS) is 22.6. The standard InChI is InChI=1S/C27H25N3OS2/c1-29-22-16-7-8-17-23(22)32-26(29)24-25(31)30(19-12-3-2-4-13-19)27(33-24)28-21-15-9-11-18-10-5-6-14-20(18)21/h5-11,14-17,19H,2-4,12-13H2,1H3/b26-24-,28-27?. The predicted molar refractivity (Wildman–Crippen MR) is 140 cm³/mol. The van der Waals surface area contributed by atoms with Gasteiger partial charge in [0.05, 0.1) is 16.4 Å². The van der Waals surface area contributed by atoms with Crippen molar-refractivity contribution in [2.24, 2.45) is 4.99 Å². The molecule has 33 heavy (non-hydrogen) atoms. The van der Waals surface area contributed by atoms with Crippen LogP contribution in [0.25, 0.3) is 10.8 Å². The summed E-state index contributed by atoms with van der Waals surface area (Å²) in [5.41, 5.74) is 2.08. The maximum atomic E-state index is 13.9. The van der Waals surface area contributed by atoms with Crippen molar-refractivity contribution >= 4 is 56.7 Å². The molecule has 4 nitrogen and oxygen atoms in total. The number of anilines is 1. The van der Waals surface area contributed by atoms with Gasteiger partial charge in [-0.1, -0.05) is 79.6 Å². The quantitative estimate of drug-likeness (QED) is 0.372. The molecule has 0 N–H and O–H groups in total. The average Bonchev–Trinajstić information content (AvgIpc) is 3.36. The molecule has 1 saturated heterocycles. The Kier molecular flexibility index (Phi) is 5.43. The molecule has 2 fully saturated rings. The average molecular weight is 472 g/mol. The maximum Gasteiger partial charge on any atom is 0.269 e. The van der Waals surface area contributed by atoms with E-state index in [1.165, 1.54) is 35.9 Å². The molecule has 3 aliphatic rings. The van der Waals surface area contributed by atoms with Crippen LogP contribution in [0, 0.1) is 0 Å². The summed E-state index contributed by atoms with van der Waals surface area (Å²) in [5, 5.41) is 4.11. The zero-order chi connectivity index (χ0) is 22.4. The molecule has 3 aromatic carbocycles. The molecule has 1 aliphatic carbocycles. The van der Waals surface area contributed by atoms with Gasteiger partial charge >= 0.3 is 0 Å². The molecule has 0 atom stereocenters. The Morgan fingerprint density at radius 3 is 2.48 bits per heavy atom. The molecule has 0 spiro atoms. The lowest BCUT2D eigenvalue weighted by Crippen LogP contribution is -2.40. The topological polar surface area (TPSA) is 35.9 Å². The van der Waals surface area contributed by atoms with Gasteiger partial charge in [0.15, 0.2) is 5.17 Å². The van der Waals surface area contributed by atoms with E-state index in [-0.39, 0.29) is 11.9 Å². The predicted octanol–water partition coefficient (Wildman–Crippen LogP) is 7.15. The molecule has 6 heteroatoms. The van der Waals surface area contributed by atoms with Crippen LogP contribution >= 0.6 is 23.5 Å². The van der Waals surface area contributed by atoms with E-state index in [0.29, 0.717) is 0 Å². The first-order valence-electron chi connectivity index (χ1n) is 11.5. The zero-order valence-electron chi connectivity index (χ0n) is 18.5. The van der Waals surface area contributed by atoms with E-state index in [0.717, 1.165) is 50.1 Å². The lowest BCUT2D eigenvalue weighted by molar-refractivity contribution is -0.124. The van der Waals surface area contributed by atoms with Crippen molar-refractivity contribution in [2.45, 2.75) is 43.0 Å². The molecule has 0 radical (unpaired) electrons. The Bertz CT molecular complexity index is 1300. The van der Waals surface area contributed by atoms with E-state index in [1.807, 2.05) is 17.0 Å². The number of amidine groups is 1. The SMILES string of the molecule is CN1/C(=C2/SC(=Nc3cccc4ccccc34)N(C3CCCCC3)C2=O)Sc2ccccc21. The van der Waals surface area contributed by atoms with Gasteiger partial charge in [-0.25, -0.2) is 4.99 Å². The van der Waals surface area contributed by atoms with Crippen LogP contribution in [-0.4, -0.2) is 29.1 Å². The zero-order valence-corrected chi connectivity index (χ0v) is 20.2. The number of benzene rings is 3. The Hall–Kier alpha value is -2.70. The van der Waals surface area contributed by atoms with Crippen LogP contribution in [0.5, 0.6) is 0 Å². The molecule has 6 rings (SSSR count). The minimum Gasteiger partial charge on any atom is -0.337 e. The van der Waals surface area contributed by atoms with E-state index in [4.69, 9.17) is 4.99 Å². The molecular weight excluding hydrogens is 446 g/mol. The number of rotatable bonds is 2. The van der Waals surface area contributed by atoms with Crippen LogP contribution < -0.4 is 4.90 Å². The van der Waals surface area contributed by atoms with Crippen LogP contribution in [0.4, 0.5) is 11.4 Å². The first-order chi connectivity index (χ1) is 16.2. The Morgan fingerprint density at radius 2 is 1.64 bits per heavy atom. The molecule has 1 amide bonds. The van der Waals surface area contributed by atoms with Crippen LogP contribution in [0.15, 0.2) is 86.6 Å². The lowest BCUT2D eigenvalue weighted by atomic mass is 9.94. The fourth-order valence-corrected chi connectivity index (χ4v) is 7.36. The summed E-state index contributed by atoms with van der Waals surface area (Å²) in [4.78, 5) is 25.1. The first-order valence-corrected chi connectivity index (χ1v) is 13.2. The third-order valence-electron chi connectivity index (χ3n) is 6.67. The maximum absolute atomic E-state index is 13.9. The van der Waals surface area contributed by atoms with Crippen molar-refractivity contribution in [1.82, 2.24) is 4.90 Å². The number of aliphatic imine (C=N–C) groups is 1. The van der Waals surface area contributed by atoms with Crippen LogP contribution in [-0.2, 0) is 4.79 Å². The number of para-hydroxylation sites is 1. The summed E-state index contributed by atoms with van der Waals surface area (Å²) in [6.45, 7) is 0. The molecule has 1 saturated carbocycles. The van der Waals surface area contributed by atoms with Gasteiger partial charge in [0, 0.05) is 23.4 Å². The van der Waals surface area contributed by atoms with E-state index in [2.05, 4.69) is 66.5 Å². The first kappa shape index (κ1) is 20.9. The highest BCUT2D eigenvalue weighted by atomic mass is 32.2. The molecule has 2 heterocycles. The van der Waals surface area contributed by atoms with Gasteiger partial charge in [-0.15, -0.1) is 0 Å². The summed E-state index contributed by atoms with van der Waals surface area (Å²) in [6, 6.07) is 23.1. The monoisotopic (exact) mass is 471 g/mol. The van der Waals surface area contributed by atoms with Crippen molar-refractivity contribution in [3.63, 3.8) is 0 Å². The smallest absolute Gasteiger partial charge is 0.269 e. The highest BCUT2D eigenvalue weighted by Crippen LogP contribution is 2.50. The summed E-state index contributed by atoms with van der Waals surface area (Å²) in [5.74, 6) is 0.105. The molecule has 166 valence electrons. The second-order valence-corrected chi connectivity index (χ2v) is 10.7. The second kappa shape index (κ2) is 8.58. The van der Waals surface area contributed by atoms with Gasteiger partial charge in [-0.3, -0.25) is 9.69 Å². The van der Waals surface area contributed by atoms with Crippen LogP contribution in [0.2, 0.25) is 0 Å². The van der Waals surface area contributed by atoms with E-state index < -0.39 is 0 Å². The van der Waals surface area contributed by atoms with Gasteiger partial charge in [-0.05, 0) is 48.2 Å². The van der Waals surface area contributed by atoms with E-state index in [9.17, 15) is 4.79 Å². The Balaban J connectivity index is 1.46. The van der Waals surface area contributed by atoms with Crippen LogP contribution in [0.1, 0.15) is 32.1 Å². The van der Waals surface area contributed by atoms with Gasteiger partial charge in [0.25, 0.3) is 5.91 Å². The van der Waals surface area contributed by atoms with E-state index in [1.54, 1.807) is 11.8 Å². The molecular formula is C27H25N3OS2. The largest absolute Gasteiger partial charge is 0.337 e. The summed E-state index contributed by atoms with van der Waals surface area (Å²) >= 11 is 3.23. The number of carbonyl (C=O) groups is 1. The highest BCUT2D eigenvalue weighted by Gasteiger charge is 2.42. The number of hydrogen-bond donors (Lipinski definition) is 0. The van der Waals surface area contributed by atoms with Crippen LogP contribution in [0.3, 0.4) is 0 Å². The van der Waals surface area contributed by atoms with Gasteiger partial charge in [0.1, 0.15) is 4.91 Å². The fraction of sp³-hybridized carbons (Fsp3) is 0.259. The lowest BCUT2D eigenvalue weighted by Gasteiger charge is -2.30. The van der Waals surface area contributed by atoms with Crippen molar-refractivity contribution in [3.8, 4) is 0 Å². The van der Waals surface area contributed by atoms with Crippen molar-refractivity contribution in [3.05, 3.63) is 76.7 Å². The Labute approximate surface area is 202 Å². The molecule has 0 aromatic heterocycles. The number of amides is 1. The van der Waals surface area contributed by atoms with Crippen molar-refractivity contribution in [1.29, 1.82) is 0 Å². The highest BCUT2D eigenvalue weighted by molar-refractivity contribution is 8.19.